The third kappa shape index (κ3) is 4.98. The Morgan fingerprint density at radius 1 is 1.44 bits per heavy atom. The molecule has 4 nitrogen and oxygen atoms in total. The minimum Gasteiger partial charge on any atom is -0.497 e. The highest BCUT2D eigenvalue weighted by Crippen LogP contribution is 2.11. The highest BCUT2D eigenvalue weighted by Gasteiger charge is 2.11. The molecule has 5 heteroatoms. The third-order valence-corrected chi connectivity index (χ3v) is 3.24. The van der Waals surface area contributed by atoms with Gasteiger partial charge in [-0.1, -0.05) is 12.1 Å². The summed E-state index contributed by atoms with van der Waals surface area (Å²) in [4.78, 5) is 11.7. The van der Waals surface area contributed by atoms with Gasteiger partial charge in [0.1, 0.15) is 5.75 Å². The average molecular weight is 268 g/mol. The molecule has 0 radical (unpaired) electrons. The van der Waals surface area contributed by atoms with Crippen LogP contribution in [0.15, 0.2) is 24.3 Å². The van der Waals surface area contributed by atoms with Crippen LogP contribution in [0.5, 0.6) is 5.75 Å². The minimum absolute atomic E-state index is 0.0973. The number of benzene rings is 1. The number of carbonyl (C=O) groups is 1. The third-order valence-electron chi connectivity index (χ3n) is 2.60. The molecule has 18 heavy (non-hydrogen) atoms. The highest BCUT2D eigenvalue weighted by atomic mass is 32.2. The maximum Gasteiger partial charge on any atom is 0.237 e. The molecule has 0 aliphatic rings. The Hall–Kier alpha value is -1.20. The van der Waals surface area contributed by atoms with E-state index >= 15 is 0 Å². The van der Waals surface area contributed by atoms with Gasteiger partial charge in [0.05, 0.1) is 13.2 Å². The molecular weight excluding hydrogens is 248 g/mol. The first-order chi connectivity index (χ1) is 8.67. The number of nitrogens with one attached hydrogen (secondary N) is 1. The smallest absolute Gasteiger partial charge is 0.237 e. The highest BCUT2D eigenvalue weighted by molar-refractivity contribution is 7.98. The standard InChI is InChI=1S/C13H20N2O2S/c1-17-11-5-3-10(4-6-11)9-15-13(16)12(14)7-8-18-2/h3-6,12H,7-9,14H2,1-2H3,(H,15,16)/t12-/m0/s1. The molecule has 100 valence electrons. The normalized spacial score (nSPS) is 11.9. The molecule has 0 aromatic heterocycles. The van der Waals surface area contributed by atoms with E-state index in [2.05, 4.69) is 5.32 Å². The van der Waals surface area contributed by atoms with Crippen LogP contribution in [0.3, 0.4) is 0 Å². The zero-order chi connectivity index (χ0) is 13.4. The molecule has 0 saturated carbocycles. The lowest BCUT2D eigenvalue weighted by molar-refractivity contribution is -0.122. The number of nitrogens with two attached hydrogens (primary N) is 1. The number of amides is 1. The van der Waals surface area contributed by atoms with E-state index in [4.69, 9.17) is 10.5 Å². The fourth-order valence-electron chi connectivity index (χ4n) is 1.44. The van der Waals surface area contributed by atoms with Gasteiger partial charge < -0.3 is 15.8 Å². The molecule has 1 atom stereocenters. The van der Waals surface area contributed by atoms with Crippen molar-refractivity contribution < 1.29 is 9.53 Å². The largest absolute Gasteiger partial charge is 0.497 e. The second kappa shape index (κ2) is 8.00. The first kappa shape index (κ1) is 14.9. The van der Waals surface area contributed by atoms with Gasteiger partial charge in [0, 0.05) is 6.54 Å². The van der Waals surface area contributed by atoms with Crippen LogP contribution in [0, 0.1) is 0 Å². The lowest BCUT2D eigenvalue weighted by atomic mass is 10.2. The van der Waals surface area contributed by atoms with E-state index < -0.39 is 6.04 Å². The van der Waals surface area contributed by atoms with Crippen LogP contribution in [0.1, 0.15) is 12.0 Å². The topological polar surface area (TPSA) is 64.3 Å². The molecule has 0 heterocycles. The maximum atomic E-state index is 11.7. The van der Waals surface area contributed by atoms with Crippen LogP contribution >= 0.6 is 11.8 Å². The molecule has 1 aromatic carbocycles. The molecule has 0 aliphatic carbocycles. The summed E-state index contributed by atoms with van der Waals surface area (Å²) in [6, 6.07) is 7.17. The summed E-state index contributed by atoms with van der Waals surface area (Å²) in [6.45, 7) is 0.496. The van der Waals surface area contributed by atoms with Crippen molar-refractivity contribution in [3.05, 3.63) is 29.8 Å². The first-order valence-corrected chi connectivity index (χ1v) is 7.22. The number of rotatable bonds is 7. The van der Waals surface area contributed by atoms with Gasteiger partial charge in [-0.05, 0) is 36.1 Å². The van der Waals surface area contributed by atoms with Crippen molar-refractivity contribution in [1.82, 2.24) is 5.32 Å². The number of methoxy groups -OCH3 is 1. The monoisotopic (exact) mass is 268 g/mol. The summed E-state index contributed by atoms with van der Waals surface area (Å²) in [5.41, 5.74) is 6.80. The van der Waals surface area contributed by atoms with Crippen LogP contribution < -0.4 is 15.8 Å². The van der Waals surface area contributed by atoms with Gasteiger partial charge in [-0.2, -0.15) is 11.8 Å². The Kier molecular flexibility index (Phi) is 6.60. The van der Waals surface area contributed by atoms with Gasteiger partial charge in [0.2, 0.25) is 5.91 Å². The first-order valence-electron chi connectivity index (χ1n) is 5.82. The molecule has 1 rings (SSSR count). The number of hydrogen-bond donors (Lipinski definition) is 2. The fourth-order valence-corrected chi connectivity index (χ4v) is 1.93. The van der Waals surface area contributed by atoms with Crippen LogP contribution in [-0.2, 0) is 11.3 Å². The Labute approximate surface area is 112 Å². The van der Waals surface area contributed by atoms with Gasteiger partial charge in [0.15, 0.2) is 0 Å². The molecular formula is C13H20N2O2S. The van der Waals surface area contributed by atoms with E-state index in [0.29, 0.717) is 13.0 Å². The van der Waals surface area contributed by atoms with Gasteiger partial charge in [0.25, 0.3) is 0 Å². The summed E-state index contributed by atoms with van der Waals surface area (Å²) in [6.07, 6.45) is 2.71. The Bertz CT molecular complexity index is 368. The second-order valence-electron chi connectivity index (χ2n) is 3.95. The lowest BCUT2D eigenvalue weighted by Gasteiger charge is -2.11. The quantitative estimate of drug-likeness (QED) is 0.784. The van der Waals surface area contributed by atoms with Crippen molar-refractivity contribution in [2.75, 3.05) is 19.1 Å². The molecule has 0 spiro atoms. The molecule has 3 N–H and O–H groups in total. The van der Waals surface area contributed by atoms with E-state index in [9.17, 15) is 4.79 Å². The van der Waals surface area contributed by atoms with E-state index in [1.807, 2.05) is 30.5 Å². The predicted octanol–water partition coefficient (Wildman–Crippen LogP) is 1.39. The summed E-state index contributed by atoms with van der Waals surface area (Å²) >= 11 is 1.69. The molecule has 1 aromatic rings. The van der Waals surface area contributed by atoms with Crippen molar-refractivity contribution in [2.24, 2.45) is 5.73 Å². The van der Waals surface area contributed by atoms with Gasteiger partial charge in [-0.15, -0.1) is 0 Å². The van der Waals surface area contributed by atoms with Crippen LogP contribution in [-0.4, -0.2) is 31.1 Å². The predicted molar refractivity (Wildman–Crippen MR) is 75.8 cm³/mol. The number of thioether (sulfide) groups is 1. The van der Waals surface area contributed by atoms with E-state index in [1.165, 1.54) is 0 Å². The van der Waals surface area contributed by atoms with Crippen molar-refractivity contribution in [3.8, 4) is 5.75 Å². The van der Waals surface area contributed by atoms with Gasteiger partial charge >= 0.3 is 0 Å². The lowest BCUT2D eigenvalue weighted by Crippen LogP contribution is -2.40. The van der Waals surface area contributed by atoms with Crippen molar-refractivity contribution >= 4 is 17.7 Å². The molecule has 0 fully saturated rings. The number of hydrogen-bond acceptors (Lipinski definition) is 4. The van der Waals surface area contributed by atoms with Gasteiger partial charge in [-0.25, -0.2) is 0 Å². The number of carbonyl (C=O) groups excluding carboxylic acids is 1. The zero-order valence-electron chi connectivity index (χ0n) is 10.8. The number of ether oxygens (including phenoxy) is 1. The fraction of sp³-hybridized carbons (Fsp3) is 0.462. The summed E-state index contributed by atoms with van der Waals surface area (Å²) in [7, 11) is 1.63. The summed E-state index contributed by atoms with van der Waals surface area (Å²) in [5.74, 6) is 1.61. The zero-order valence-corrected chi connectivity index (χ0v) is 11.6. The second-order valence-corrected chi connectivity index (χ2v) is 4.94. The SMILES string of the molecule is COc1ccc(CNC(=O)[C@@H](N)CCSC)cc1. The molecule has 0 aliphatic heterocycles. The molecule has 0 saturated heterocycles. The summed E-state index contributed by atoms with van der Waals surface area (Å²) in [5, 5.41) is 2.83. The minimum atomic E-state index is -0.421. The average Bonchev–Trinajstić information content (AvgIpc) is 2.42. The Morgan fingerprint density at radius 2 is 2.11 bits per heavy atom. The van der Waals surface area contributed by atoms with E-state index in [-0.39, 0.29) is 5.91 Å². The van der Waals surface area contributed by atoms with Crippen molar-refractivity contribution in [3.63, 3.8) is 0 Å². The van der Waals surface area contributed by atoms with Crippen molar-refractivity contribution in [2.45, 2.75) is 19.0 Å². The molecule has 0 bridgehead atoms. The van der Waals surface area contributed by atoms with E-state index in [1.54, 1.807) is 18.9 Å². The van der Waals surface area contributed by atoms with Gasteiger partial charge in [-0.3, -0.25) is 4.79 Å². The van der Waals surface area contributed by atoms with Crippen LogP contribution in [0.25, 0.3) is 0 Å². The van der Waals surface area contributed by atoms with Crippen LogP contribution in [0.4, 0.5) is 0 Å². The molecule has 0 unspecified atom stereocenters. The molecule has 1 amide bonds. The van der Waals surface area contributed by atoms with E-state index in [0.717, 1.165) is 17.1 Å². The van der Waals surface area contributed by atoms with Crippen LogP contribution in [0.2, 0.25) is 0 Å². The summed E-state index contributed by atoms with van der Waals surface area (Å²) < 4.78 is 5.07. The Balaban J connectivity index is 2.37. The Morgan fingerprint density at radius 3 is 2.67 bits per heavy atom. The van der Waals surface area contributed by atoms with Crippen molar-refractivity contribution in [1.29, 1.82) is 0 Å². The maximum absolute atomic E-state index is 11.7.